The molecule has 1 heterocycles. The lowest BCUT2D eigenvalue weighted by Crippen LogP contribution is -2.35. The summed E-state index contributed by atoms with van der Waals surface area (Å²) in [6.45, 7) is 1.24. The predicted molar refractivity (Wildman–Crippen MR) is 100 cm³/mol. The second-order valence-electron chi connectivity index (χ2n) is 6.60. The number of hydrogen-bond donors (Lipinski definition) is 1. The molecule has 1 aliphatic heterocycles. The number of nitrogens with zero attached hydrogens (tertiary/aromatic N) is 2. The standard InChI is InChI=1S/C20H23N3O3/c1-22-13-15(11-19(22)24)14-23(2)20(25)21-16-7-6-10-18(12-16)26-17-8-4-3-5-9-17/h3-10,12,15H,11,13-14H2,1-2H3,(H,21,25)/t15-/m1/s1. The fourth-order valence-corrected chi connectivity index (χ4v) is 3.03. The van der Waals surface area contributed by atoms with E-state index in [-0.39, 0.29) is 17.9 Å². The fourth-order valence-electron chi connectivity index (χ4n) is 3.03. The van der Waals surface area contributed by atoms with Gasteiger partial charge in [0.15, 0.2) is 0 Å². The van der Waals surface area contributed by atoms with Crippen LogP contribution in [0.3, 0.4) is 0 Å². The number of carbonyl (C=O) groups excluding carboxylic acids is 2. The quantitative estimate of drug-likeness (QED) is 0.896. The molecule has 0 aromatic heterocycles. The molecule has 1 saturated heterocycles. The molecule has 3 amide bonds. The number of urea groups is 1. The first-order valence-corrected chi connectivity index (χ1v) is 8.60. The van der Waals surface area contributed by atoms with Gasteiger partial charge in [-0.25, -0.2) is 4.79 Å². The Bertz CT molecular complexity index is 779. The summed E-state index contributed by atoms with van der Waals surface area (Å²) < 4.78 is 5.78. The van der Waals surface area contributed by atoms with Crippen LogP contribution >= 0.6 is 0 Å². The molecule has 3 rings (SSSR count). The van der Waals surface area contributed by atoms with E-state index in [0.717, 1.165) is 5.75 Å². The molecule has 0 unspecified atom stereocenters. The smallest absolute Gasteiger partial charge is 0.321 e. The molecule has 1 aliphatic rings. The van der Waals surface area contributed by atoms with Gasteiger partial charge in [0.05, 0.1) is 0 Å². The van der Waals surface area contributed by atoms with E-state index in [4.69, 9.17) is 4.74 Å². The lowest BCUT2D eigenvalue weighted by molar-refractivity contribution is -0.126. The molecule has 0 radical (unpaired) electrons. The van der Waals surface area contributed by atoms with Crippen LogP contribution in [-0.4, -0.2) is 48.9 Å². The highest BCUT2D eigenvalue weighted by Gasteiger charge is 2.28. The van der Waals surface area contributed by atoms with Crippen LogP contribution in [0.25, 0.3) is 0 Å². The maximum atomic E-state index is 12.4. The van der Waals surface area contributed by atoms with E-state index in [1.807, 2.05) is 48.5 Å². The largest absolute Gasteiger partial charge is 0.457 e. The average Bonchev–Trinajstić information content (AvgIpc) is 2.93. The van der Waals surface area contributed by atoms with Crippen LogP contribution in [0.1, 0.15) is 6.42 Å². The number of rotatable bonds is 5. The van der Waals surface area contributed by atoms with E-state index >= 15 is 0 Å². The molecule has 1 atom stereocenters. The topological polar surface area (TPSA) is 61.9 Å². The summed E-state index contributed by atoms with van der Waals surface area (Å²) in [4.78, 5) is 27.3. The Kier molecular flexibility index (Phi) is 5.41. The van der Waals surface area contributed by atoms with E-state index in [0.29, 0.717) is 30.9 Å². The summed E-state index contributed by atoms with van der Waals surface area (Å²) in [6.07, 6.45) is 0.495. The molecule has 0 saturated carbocycles. The van der Waals surface area contributed by atoms with Crippen molar-refractivity contribution < 1.29 is 14.3 Å². The Balaban J connectivity index is 1.57. The highest BCUT2D eigenvalue weighted by molar-refractivity contribution is 5.89. The van der Waals surface area contributed by atoms with Gasteiger partial charge in [-0.1, -0.05) is 24.3 Å². The van der Waals surface area contributed by atoms with Crippen LogP contribution in [0.15, 0.2) is 54.6 Å². The highest BCUT2D eigenvalue weighted by atomic mass is 16.5. The Morgan fingerprint density at radius 1 is 1.19 bits per heavy atom. The summed E-state index contributed by atoms with van der Waals surface area (Å²) >= 11 is 0. The van der Waals surface area contributed by atoms with Crippen LogP contribution in [-0.2, 0) is 4.79 Å². The summed E-state index contributed by atoms with van der Waals surface area (Å²) in [5, 5.41) is 2.87. The van der Waals surface area contributed by atoms with Gasteiger partial charge in [0.25, 0.3) is 0 Å². The first kappa shape index (κ1) is 17.8. The monoisotopic (exact) mass is 353 g/mol. The van der Waals surface area contributed by atoms with Gasteiger partial charge in [-0.15, -0.1) is 0 Å². The zero-order valence-corrected chi connectivity index (χ0v) is 15.0. The summed E-state index contributed by atoms with van der Waals surface area (Å²) in [5.41, 5.74) is 0.662. The maximum absolute atomic E-state index is 12.4. The second kappa shape index (κ2) is 7.91. The highest BCUT2D eigenvalue weighted by Crippen LogP contribution is 2.24. The Labute approximate surface area is 153 Å². The summed E-state index contributed by atoms with van der Waals surface area (Å²) in [6, 6.07) is 16.5. The molecule has 0 bridgehead atoms. The van der Waals surface area contributed by atoms with Crippen molar-refractivity contribution in [3.8, 4) is 11.5 Å². The van der Waals surface area contributed by atoms with E-state index in [9.17, 15) is 9.59 Å². The van der Waals surface area contributed by atoms with Gasteiger partial charge >= 0.3 is 6.03 Å². The van der Waals surface area contributed by atoms with E-state index in [1.165, 1.54) is 0 Å². The van der Waals surface area contributed by atoms with Gasteiger partial charge in [0.2, 0.25) is 5.91 Å². The first-order valence-electron chi connectivity index (χ1n) is 8.60. The third-order valence-electron chi connectivity index (χ3n) is 4.36. The number of carbonyl (C=O) groups is 2. The van der Waals surface area contributed by atoms with E-state index < -0.39 is 0 Å². The molecular weight excluding hydrogens is 330 g/mol. The SMILES string of the molecule is CN1C[C@H](CN(C)C(=O)Nc2cccc(Oc3ccccc3)c2)CC1=O. The predicted octanol–water partition coefficient (Wildman–Crippen LogP) is 3.42. The molecule has 136 valence electrons. The van der Waals surface area contributed by atoms with Crippen LogP contribution in [0.2, 0.25) is 0 Å². The van der Waals surface area contributed by atoms with Crippen molar-refractivity contribution in [1.29, 1.82) is 0 Å². The van der Waals surface area contributed by atoms with Gasteiger partial charge in [-0.05, 0) is 24.3 Å². The van der Waals surface area contributed by atoms with E-state index in [2.05, 4.69) is 5.32 Å². The van der Waals surface area contributed by atoms with Gasteiger partial charge in [-0.2, -0.15) is 0 Å². The number of ether oxygens (including phenoxy) is 1. The van der Waals surface area contributed by atoms with Crippen LogP contribution in [0.5, 0.6) is 11.5 Å². The molecule has 0 aliphatic carbocycles. The molecule has 2 aromatic rings. The maximum Gasteiger partial charge on any atom is 0.321 e. The molecule has 1 fully saturated rings. The Hall–Kier alpha value is -3.02. The number of hydrogen-bond acceptors (Lipinski definition) is 3. The number of likely N-dealkylation sites (tertiary alicyclic amines) is 1. The summed E-state index contributed by atoms with van der Waals surface area (Å²) in [7, 11) is 3.53. The summed E-state index contributed by atoms with van der Waals surface area (Å²) in [5.74, 6) is 1.70. The van der Waals surface area contributed by atoms with Crippen molar-refractivity contribution in [1.82, 2.24) is 9.80 Å². The average molecular weight is 353 g/mol. The number of anilines is 1. The van der Waals surface area contributed by atoms with Crippen LogP contribution in [0.4, 0.5) is 10.5 Å². The lowest BCUT2D eigenvalue weighted by Gasteiger charge is -2.21. The molecular formula is C20H23N3O3. The van der Waals surface area contributed by atoms with Crippen molar-refractivity contribution in [2.24, 2.45) is 5.92 Å². The first-order chi connectivity index (χ1) is 12.5. The Morgan fingerprint density at radius 2 is 1.92 bits per heavy atom. The normalized spacial score (nSPS) is 16.5. The van der Waals surface area contributed by atoms with Gasteiger partial charge in [0, 0.05) is 51.3 Å². The van der Waals surface area contributed by atoms with Crippen molar-refractivity contribution in [2.45, 2.75) is 6.42 Å². The van der Waals surface area contributed by atoms with Crippen molar-refractivity contribution in [3.05, 3.63) is 54.6 Å². The Morgan fingerprint density at radius 3 is 2.62 bits per heavy atom. The third kappa shape index (κ3) is 4.53. The molecule has 6 nitrogen and oxygen atoms in total. The number of benzene rings is 2. The van der Waals surface area contributed by atoms with Crippen molar-refractivity contribution in [3.63, 3.8) is 0 Å². The van der Waals surface area contributed by atoms with Crippen molar-refractivity contribution >= 4 is 17.6 Å². The van der Waals surface area contributed by atoms with Crippen molar-refractivity contribution in [2.75, 3.05) is 32.5 Å². The minimum atomic E-state index is -0.205. The van der Waals surface area contributed by atoms with Gasteiger partial charge in [0.1, 0.15) is 11.5 Å². The third-order valence-corrected chi connectivity index (χ3v) is 4.36. The van der Waals surface area contributed by atoms with E-state index in [1.54, 1.807) is 30.0 Å². The second-order valence-corrected chi connectivity index (χ2v) is 6.60. The minimum Gasteiger partial charge on any atom is -0.457 e. The van der Waals surface area contributed by atoms with Gasteiger partial charge in [-0.3, -0.25) is 4.79 Å². The molecule has 26 heavy (non-hydrogen) atoms. The number of amides is 3. The zero-order valence-electron chi connectivity index (χ0n) is 15.0. The minimum absolute atomic E-state index is 0.134. The molecule has 1 N–H and O–H groups in total. The van der Waals surface area contributed by atoms with Crippen LogP contribution < -0.4 is 10.1 Å². The number of nitrogens with one attached hydrogen (secondary N) is 1. The van der Waals surface area contributed by atoms with Gasteiger partial charge < -0.3 is 19.9 Å². The number of para-hydroxylation sites is 1. The molecule has 6 heteroatoms. The lowest BCUT2D eigenvalue weighted by atomic mass is 10.1. The molecule has 0 spiro atoms. The van der Waals surface area contributed by atoms with Crippen LogP contribution in [0, 0.1) is 5.92 Å². The zero-order chi connectivity index (χ0) is 18.5. The molecule has 2 aromatic carbocycles. The fraction of sp³-hybridized carbons (Fsp3) is 0.300.